The summed E-state index contributed by atoms with van der Waals surface area (Å²) in [6.45, 7) is 1.83. The van der Waals surface area contributed by atoms with E-state index in [4.69, 9.17) is 4.74 Å². The number of likely N-dealkylation sites (tertiary alicyclic amines) is 1. The average molecular weight is 317 g/mol. The fraction of sp³-hybridized carbons (Fsp3) is 0.500. The quantitative estimate of drug-likeness (QED) is 0.849. The Bertz CT molecular complexity index is 643. The van der Waals surface area contributed by atoms with E-state index >= 15 is 0 Å². The molecule has 1 fully saturated rings. The Balaban J connectivity index is 1.77. The molecular weight excluding hydrogens is 293 g/mol. The second-order valence-electron chi connectivity index (χ2n) is 6.32. The lowest BCUT2D eigenvalue weighted by atomic mass is 9.92. The Morgan fingerprint density at radius 3 is 2.96 bits per heavy atom. The molecule has 0 radical (unpaired) electrons. The number of aryl methyl sites for hydroxylation is 1. The van der Waals surface area contributed by atoms with E-state index < -0.39 is 0 Å². The number of hydrogen-bond acceptors (Lipinski definition) is 3. The highest BCUT2D eigenvalue weighted by molar-refractivity contribution is 5.18. The Morgan fingerprint density at radius 1 is 1.39 bits per heavy atom. The molecule has 1 saturated heterocycles. The topological polar surface area (TPSA) is 30.3 Å². The van der Waals surface area contributed by atoms with E-state index in [1.165, 1.54) is 6.07 Å². The molecule has 0 saturated carbocycles. The van der Waals surface area contributed by atoms with Crippen LogP contribution in [0, 0.1) is 5.82 Å². The van der Waals surface area contributed by atoms with Gasteiger partial charge in [-0.3, -0.25) is 4.90 Å². The van der Waals surface area contributed by atoms with E-state index in [9.17, 15) is 4.39 Å². The largest absolute Gasteiger partial charge is 0.380 e. The van der Waals surface area contributed by atoms with Crippen LogP contribution in [0.4, 0.5) is 4.39 Å². The Morgan fingerprint density at radius 2 is 2.26 bits per heavy atom. The summed E-state index contributed by atoms with van der Waals surface area (Å²) in [5.41, 5.74) is 2.08. The molecular formula is C18H24FN3O. The third kappa shape index (κ3) is 3.98. The van der Waals surface area contributed by atoms with Gasteiger partial charge in [0.25, 0.3) is 0 Å². The molecule has 1 aliphatic heterocycles. The normalized spacial score (nSPS) is 22.4. The zero-order valence-corrected chi connectivity index (χ0v) is 13.8. The fourth-order valence-corrected chi connectivity index (χ4v) is 3.48. The van der Waals surface area contributed by atoms with Gasteiger partial charge in [0.2, 0.25) is 0 Å². The van der Waals surface area contributed by atoms with Gasteiger partial charge in [0.1, 0.15) is 5.82 Å². The fourth-order valence-electron chi connectivity index (χ4n) is 3.48. The highest BCUT2D eigenvalue weighted by Crippen LogP contribution is 2.25. The van der Waals surface area contributed by atoms with Crippen LogP contribution in [0.3, 0.4) is 0 Å². The van der Waals surface area contributed by atoms with Crippen molar-refractivity contribution in [3.8, 4) is 0 Å². The van der Waals surface area contributed by atoms with Gasteiger partial charge in [-0.2, -0.15) is 0 Å². The average Bonchev–Trinajstić information content (AvgIpc) is 2.94. The third-order valence-electron chi connectivity index (χ3n) is 4.59. The van der Waals surface area contributed by atoms with Gasteiger partial charge in [-0.05, 0) is 43.5 Å². The van der Waals surface area contributed by atoms with Gasteiger partial charge < -0.3 is 9.30 Å². The Labute approximate surface area is 136 Å². The van der Waals surface area contributed by atoms with Crippen LogP contribution in [-0.2, 0) is 24.8 Å². The molecule has 4 nitrogen and oxygen atoms in total. The molecule has 0 bridgehead atoms. The second kappa shape index (κ2) is 7.23. The lowest BCUT2D eigenvalue weighted by Crippen LogP contribution is -2.49. The molecule has 2 heterocycles. The zero-order valence-electron chi connectivity index (χ0n) is 13.8. The minimum Gasteiger partial charge on any atom is -0.380 e. The molecule has 2 aromatic rings. The van der Waals surface area contributed by atoms with Gasteiger partial charge in [0.15, 0.2) is 0 Å². The summed E-state index contributed by atoms with van der Waals surface area (Å²) in [5.74, 6) is -0.177. The minimum atomic E-state index is -0.177. The summed E-state index contributed by atoms with van der Waals surface area (Å²) in [7, 11) is 3.75. The first kappa shape index (κ1) is 16.1. The van der Waals surface area contributed by atoms with Crippen LogP contribution >= 0.6 is 0 Å². The maximum absolute atomic E-state index is 13.5. The van der Waals surface area contributed by atoms with Crippen molar-refractivity contribution in [3.63, 3.8) is 0 Å². The zero-order chi connectivity index (χ0) is 16.2. The monoisotopic (exact) mass is 317 g/mol. The molecule has 3 rings (SSSR count). The summed E-state index contributed by atoms with van der Waals surface area (Å²) in [6, 6.07) is 7.13. The summed E-state index contributed by atoms with van der Waals surface area (Å²) in [4.78, 5) is 6.86. The Kier molecular flexibility index (Phi) is 5.08. The molecule has 124 valence electrons. The summed E-state index contributed by atoms with van der Waals surface area (Å²) in [6.07, 6.45) is 7.02. The van der Waals surface area contributed by atoms with Crippen molar-refractivity contribution >= 4 is 0 Å². The predicted molar refractivity (Wildman–Crippen MR) is 87.5 cm³/mol. The van der Waals surface area contributed by atoms with Crippen molar-refractivity contribution in [3.05, 3.63) is 53.9 Å². The summed E-state index contributed by atoms with van der Waals surface area (Å²) in [5, 5.41) is 0. The third-order valence-corrected chi connectivity index (χ3v) is 4.59. The van der Waals surface area contributed by atoms with Gasteiger partial charge in [0.05, 0.1) is 18.1 Å². The molecule has 0 N–H and O–H groups in total. The first-order valence-electron chi connectivity index (χ1n) is 8.14. The number of nitrogens with zero attached hydrogens (tertiary/aromatic N) is 3. The SMILES string of the molecule is CO[C@H]1CCCN(Cc2cn(C)cn2)[C@H]1Cc1cccc(F)c1. The molecule has 0 unspecified atom stereocenters. The van der Waals surface area contributed by atoms with E-state index in [0.29, 0.717) is 0 Å². The van der Waals surface area contributed by atoms with Crippen molar-refractivity contribution in [2.75, 3.05) is 13.7 Å². The van der Waals surface area contributed by atoms with E-state index in [1.807, 2.05) is 24.0 Å². The van der Waals surface area contributed by atoms with Crippen LogP contribution in [-0.4, -0.2) is 40.3 Å². The van der Waals surface area contributed by atoms with Crippen LogP contribution in [0.1, 0.15) is 24.1 Å². The molecule has 5 heteroatoms. The summed E-state index contributed by atoms with van der Waals surface area (Å²) < 4.78 is 21.2. The molecule has 23 heavy (non-hydrogen) atoms. The lowest BCUT2D eigenvalue weighted by molar-refractivity contribution is -0.0222. The van der Waals surface area contributed by atoms with Crippen molar-refractivity contribution in [1.29, 1.82) is 0 Å². The van der Waals surface area contributed by atoms with Crippen molar-refractivity contribution < 1.29 is 9.13 Å². The van der Waals surface area contributed by atoms with E-state index in [0.717, 1.165) is 43.6 Å². The van der Waals surface area contributed by atoms with Crippen LogP contribution in [0.15, 0.2) is 36.8 Å². The standard InChI is InChI=1S/C18H24FN3O/c1-21-11-16(20-13-21)12-22-8-4-7-18(23-2)17(22)10-14-5-3-6-15(19)9-14/h3,5-6,9,11,13,17-18H,4,7-8,10,12H2,1-2H3/t17-,18-/m0/s1. The number of aromatic nitrogens is 2. The molecule has 0 spiro atoms. The second-order valence-corrected chi connectivity index (χ2v) is 6.32. The van der Waals surface area contributed by atoms with Gasteiger partial charge in [0, 0.05) is 32.9 Å². The smallest absolute Gasteiger partial charge is 0.123 e. The van der Waals surface area contributed by atoms with Crippen LogP contribution in [0.5, 0.6) is 0 Å². The number of imidazole rings is 1. The maximum atomic E-state index is 13.5. The van der Waals surface area contributed by atoms with Gasteiger partial charge in [-0.15, -0.1) is 0 Å². The molecule has 1 aromatic carbocycles. The van der Waals surface area contributed by atoms with Crippen molar-refractivity contribution in [1.82, 2.24) is 14.5 Å². The first-order chi connectivity index (χ1) is 11.2. The maximum Gasteiger partial charge on any atom is 0.123 e. The Hall–Kier alpha value is -1.72. The van der Waals surface area contributed by atoms with E-state index in [2.05, 4.69) is 16.1 Å². The van der Waals surface area contributed by atoms with Crippen molar-refractivity contribution in [2.24, 2.45) is 7.05 Å². The lowest BCUT2D eigenvalue weighted by Gasteiger charge is -2.40. The molecule has 0 aliphatic carbocycles. The van der Waals surface area contributed by atoms with Crippen LogP contribution in [0.25, 0.3) is 0 Å². The predicted octanol–water partition coefficient (Wildman–Crippen LogP) is 2.78. The highest BCUT2D eigenvalue weighted by atomic mass is 19.1. The van der Waals surface area contributed by atoms with Crippen molar-refractivity contribution in [2.45, 2.75) is 38.0 Å². The number of rotatable bonds is 5. The minimum absolute atomic E-state index is 0.177. The molecule has 0 amide bonds. The number of benzene rings is 1. The number of ether oxygens (including phenoxy) is 1. The molecule has 1 aliphatic rings. The molecule has 1 aromatic heterocycles. The highest BCUT2D eigenvalue weighted by Gasteiger charge is 2.31. The van der Waals surface area contributed by atoms with Crippen LogP contribution < -0.4 is 0 Å². The van der Waals surface area contributed by atoms with Gasteiger partial charge >= 0.3 is 0 Å². The number of piperidine rings is 1. The first-order valence-corrected chi connectivity index (χ1v) is 8.14. The van der Waals surface area contributed by atoms with E-state index in [-0.39, 0.29) is 18.0 Å². The number of halogens is 1. The summed E-state index contributed by atoms with van der Waals surface area (Å²) >= 11 is 0. The van der Waals surface area contributed by atoms with E-state index in [1.54, 1.807) is 19.2 Å². The number of methoxy groups -OCH3 is 1. The van der Waals surface area contributed by atoms with Gasteiger partial charge in [-0.1, -0.05) is 12.1 Å². The molecule has 2 atom stereocenters. The van der Waals surface area contributed by atoms with Crippen LogP contribution in [0.2, 0.25) is 0 Å². The number of hydrogen-bond donors (Lipinski definition) is 0. The van der Waals surface area contributed by atoms with Gasteiger partial charge in [-0.25, -0.2) is 9.37 Å².